The molecule has 1 aromatic carbocycles. The maximum atomic E-state index is 12.1. The molecule has 2 rings (SSSR count). The molecule has 0 atom stereocenters. The predicted molar refractivity (Wildman–Crippen MR) is 82.4 cm³/mol. The van der Waals surface area contributed by atoms with E-state index in [1.807, 2.05) is 25.1 Å². The fraction of sp³-hybridized carbons (Fsp3) is 0.312. The first-order valence-corrected chi connectivity index (χ1v) is 6.81. The van der Waals surface area contributed by atoms with Crippen molar-refractivity contribution in [1.82, 2.24) is 9.13 Å². The highest BCUT2D eigenvalue weighted by atomic mass is 16.5. The van der Waals surface area contributed by atoms with E-state index in [9.17, 15) is 4.79 Å². The molecule has 0 saturated heterocycles. The van der Waals surface area contributed by atoms with Crippen LogP contribution in [-0.2, 0) is 13.1 Å². The van der Waals surface area contributed by atoms with Crippen LogP contribution < -0.4 is 16.2 Å². The van der Waals surface area contributed by atoms with E-state index in [1.165, 1.54) is 0 Å². The first-order valence-electron chi connectivity index (χ1n) is 6.81. The van der Waals surface area contributed by atoms with Gasteiger partial charge in [-0.3, -0.25) is 9.13 Å². The second-order valence-corrected chi connectivity index (χ2v) is 4.52. The summed E-state index contributed by atoms with van der Waals surface area (Å²) >= 11 is 0. The van der Waals surface area contributed by atoms with Crippen molar-refractivity contribution in [3.8, 4) is 17.6 Å². The number of nitrogens with zero attached hydrogens (tertiary/aromatic N) is 2. The highest BCUT2D eigenvalue weighted by Gasteiger charge is 2.07. The van der Waals surface area contributed by atoms with Crippen LogP contribution in [0, 0.1) is 11.8 Å². The monoisotopic (exact) mass is 285 g/mol. The third kappa shape index (κ3) is 3.36. The third-order valence-corrected chi connectivity index (χ3v) is 3.24. The standard InChI is InChI=1S/C16H19N3O2/c1-3-18-9-10-19(16(18)20)12-14-11-15(21-2)7-6-13(14)5-4-8-17/h6-7,9-11H,3,8,12,17H2,1-2H3. The summed E-state index contributed by atoms with van der Waals surface area (Å²) in [6.45, 7) is 3.36. The van der Waals surface area contributed by atoms with E-state index < -0.39 is 0 Å². The summed E-state index contributed by atoms with van der Waals surface area (Å²) in [5.41, 5.74) is 7.19. The first kappa shape index (κ1) is 14.9. The molecule has 5 nitrogen and oxygen atoms in total. The lowest BCUT2D eigenvalue weighted by Gasteiger charge is -2.08. The summed E-state index contributed by atoms with van der Waals surface area (Å²) in [5.74, 6) is 6.62. The molecule has 0 aliphatic rings. The molecule has 0 fully saturated rings. The van der Waals surface area contributed by atoms with Crippen LogP contribution in [0.3, 0.4) is 0 Å². The Morgan fingerprint density at radius 3 is 2.67 bits per heavy atom. The number of benzene rings is 1. The van der Waals surface area contributed by atoms with Crippen molar-refractivity contribution in [2.24, 2.45) is 5.73 Å². The van der Waals surface area contributed by atoms with Gasteiger partial charge in [0.2, 0.25) is 0 Å². The molecule has 21 heavy (non-hydrogen) atoms. The van der Waals surface area contributed by atoms with Crippen molar-refractivity contribution in [2.45, 2.75) is 20.0 Å². The molecule has 1 aromatic heterocycles. The Morgan fingerprint density at radius 1 is 1.29 bits per heavy atom. The van der Waals surface area contributed by atoms with Gasteiger partial charge < -0.3 is 10.5 Å². The second kappa shape index (κ2) is 6.82. The Bertz CT molecular complexity index is 732. The number of imidazole rings is 1. The van der Waals surface area contributed by atoms with Crippen molar-refractivity contribution in [3.63, 3.8) is 0 Å². The van der Waals surface area contributed by atoms with E-state index in [0.29, 0.717) is 19.6 Å². The van der Waals surface area contributed by atoms with Crippen molar-refractivity contribution >= 4 is 0 Å². The molecule has 0 aliphatic carbocycles. The Labute approximate surface area is 124 Å². The van der Waals surface area contributed by atoms with Gasteiger partial charge >= 0.3 is 5.69 Å². The highest BCUT2D eigenvalue weighted by molar-refractivity contribution is 5.45. The van der Waals surface area contributed by atoms with Crippen LogP contribution in [-0.4, -0.2) is 22.8 Å². The van der Waals surface area contributed by atoms with Gasteiger partial charge in [0.25, 0.3) is 0 Å². The molecule has 2 aromatic rings. The molecule has 5 heteroatoms. The smallest absolute Gasteiger partial charge is 0.328 e. The molecular weight excluding hydrogens is 266 g/mol. The number of nitrogens with two attached hydrogens (primary N) is 1. The Hall–Kier alpha value is -2.45. The summed E-state index contributed by atoms with van der Waals surface area (Å²) in [4.78, 5) is 12.1. The van der Waals surface area contributed by atoms with Gasteiger partial charge in [-0.15, -0.1) is 0 Å². The number of methoxy groups -OCH3 is 1. The maximum Gasteiger partial charge on any atom is 0.328 e. The van der Waals surface area contributed by atoms with Gasteiger partial charge in [0.15, 0.2) is 0 Å². The first-order chi connectivity index (χ1) is 10.2. The third-order valence-electron chi connectivity index (χ3n) is 3.24. The van der Waals surface area contributed by atoms with E-state index in [4.69, 9.17) is 10.5 Å². The van der Waals surface area contributed by atoms with Crippen LogP contribution in [0.4, 0.5) is 0 Å². The number of aryl methyl sites for hydroxylation is 1. The van der Waals surface area contributed by atoms with Gasteiger partial charge in [0.05, 0.1) is 20.2 Å². The van der Waals surface area contributed by atoms with E-state index in [1.54, 1.807) is 28.6 Å². The van der Waals surface area contributed by atoms with Gasteiger partial charge in [-0.2, -0.15) is 0 Å². The van der Waals surface area contributed by atoms with Crippen molar-refractivity contribution in [3.05, 3.63) is 52.2 Å². The molecule has 0 unspecified atom stereocenters. The van der Waals surface area contributed by atoms with Gasteiger partial charge in [-0.25, -0.2) is 4.79 Å². The molecule has 1 heterocycles. The van der Waals surface area contributed by atoms with Crippen molar-refractivity contribution in [2.75, 3.05) is 13.7 Å². The molecule has 0 amide bonds. The lowest BCUT2D eigenvalue weighted by Crippen LogP contribution is -2.24. The van der Waals surface area contributed by atoms with Gasteiger partial charge in [-0.1, -0.05) is 11.8 Å². The van der Waals surface area contributed by atoms with E-state index in [2.05, 4.69) is 11.8 Å². The lowest BCUT2D eigenvalue weighted by atomic mass is 10.1. The SMILES string of the molecule is CCn1ccn(Cc2cc(OC)ccc2C#CCN)c1=O. The molecular formula is C16H19N3O2. The fourth-order valence-corrected chi connectivity index (χ4v) is 2.09. The van der Waals surface area contributed by atoms with E-state index >= 15 is 0 Å². The van der Waals surface area contributed by atoms with Gasteiger partial charge in [0, 0.05) is 24.5 Å². The average molecular weight is 285 g/mol. The molecule has 0 spiro atoms. The molecule has 0 bridgehead atoms. The Morgan fingerprint density at radius 2 is 2.05 bits per heavy atom. The normalized spacial score (nSPS) is 10.0. The van der Waals surface area contributed by atoms with Crippen LogP contribution in [0.1, 0.15) is 18.1 Å². The van der Waals surface area contributed by atoms with Crippen LogP contribution in [0.5, 0.6) is 5.75 Å². The molecule has 2 N–H and O–H groups in total. The Balaban J connectivity index is 2.40. The summed E-state index contributed by atoms with van der Waals surface area (Å²) in [6, 6.07) is 5.64. The molecule has 0 aliphatic heterocycles. The quantitative estimate of drug-likeness (QED) is 0.854. The van der Waals surface area contributed by atoms with E-state index in [-0.39, 0.29) is 5.69 Å². The van der Waals surface area contributed by atoms with Crippen LogP contribution in [0.15, 0.2) is 35.4 Å². The number of ether oxygens (including phenoxy) is 1. The zero-order valence-electron chi connectivity index (χ0n) is 12.3. The maximum absolute atomic E-state index is 12.1. The van der Waals surface area contributed by atoms with Crippen LogP contribution in [0.2, 0.25) is 0 Å². The van der Waals surface area contributed by atoms with Gasteiger partial charge in [-0.05, 0) is 30.7 Å². The predicted octanol–water partition coefficient (Wildman–Crippen LogP) is 1.04. The minimum Gasteiger partial charge on any atom is -0.497 e. The summed E-state index contributed by atoms with van der Waals surface area (Å²) in [6.07, 6.45) is 3.57. The number of aromatic nitrogens is 2. The number of hydrogen-bond donors (Lipinski definition) is 1. The highest BCUT2D eigenvalue weighted by Crippen LogP contribution is 2.18. The zero-order chi connectivity index (χ0) is 15.2. The van der Waals surface area contributed by atoms with Crippen molar-refractivity contribution < 1.29 is 4.74 Å². The van der Waals surface area contributed by atoms with Crippen LogP contribution in [0.25, 0.3) is 0 Å². The van der Waals surface area contributed by atoms with E-state index in [0.717, 1.165) is 16.9 Å². The molecule has 110 valence electrons. The average Bonchev–Trinajstić information content (AvgIpc) is 2.86. The Kier molecular flexibility index (Phi) is 4.85. The largest absolute Gasteiger partial charge is 0.497 e. The van der Waals surface area contributed by atoms with Crippen molar-refractivity contribution in [1.29, 1.82) is 0 Å². The molecule has 0 saturated carbocycles. The number of rotatable bonds is 4. The van der Waals surface area contributed by atoms with Gasteiger partial charge in [0.1, 0.15) is 5.75 Å². The second-order valence-electron chi connectivity index (χ2n) is 4.52. The fourth-order valence-electron chi connectivity index (χ4n) is 2.09. The lowest BCUT2D eigenvalue weighted by molar-refractivity contribution is 0.414. The minimum atomic E-state index is -0.0296. The minimum absolute atomic E-state index is 0.0296. The summed E-state index contributed by atoms with van der Waals surface area (Å²) in [5, 5.41) is 0. The topological polar surface area (TPSA) is 62.2 Å². The summed E-state index contributed by atoms with van der Waals surface area (Å²) < 4.78 is 8.56. The molecule has 0 radical (unpaired) electrons. The zero-order valence-corrected chi connectivity index (χ0v) is 12.3. The summed E-state index contributed by atoms with van der Waals surface area (Å²) in [7, 11) is 1.62. The number of hydrogen-bond acceptors (Lipinski definition) is 3. The van der Waals surface area contributed by atoms with Crippen LogP contribution >= 0.6 is 0 Å².